The van der Waals surface area contributed by atoms with Crippen molar-refractivity contribution in [3.05, 3.63) is 11.9 Å². The average molecular weight is 251 g/mol. The third-order valence-electron chi connectivity index (χ3n) is 2.74. The number of nitrogens with one attached hydrogen (secondary N) is 2. The van der Waals surface area contributed by atoms with Crippen LogP contribution in [-0.2, 0) is 4.79 Å². The lowest BCUT2D eigenvalue weighted by atomic mass is 10.3. The number of likely N-dealkylation sites (N-methyl/N-ethyl adjacent to an activating group) is 1. The molecule has 0 saturated heterocycles. The van der Waals surface area contributed by atoms with Crippen molar-refractivity contribution < 1.29 is 4.79 Å². The molecule has 6 nitrogen and oxygen atoms in total. The van der Waals surface area contributed by atoms with Gasteiger partial charge in [-0.25, -0.2) is 9.97 Å². The van der Waals surface area contributed by atoms with E-state index < -0.39 is 0 Å². The van der Waals surface area contributed by atoms with Crippen molar-refractivity contribution in [3.63, 3.8) is 0 Å². The zero-order valence-electron chi connectivity index (χ0n) is 11.4. The van der Waals surface area contributed by atoms with Gasteiger partial charge in [0.15, 0.2) is 0 Å². The lowest BCUT2D eigenvalue weighted by molar-refractivity contribution is -0.127. The summed E-state index contributed by atoms with van der Waals surface area (Å²) >= 11 is 0. The highest BCUT2D eigenvalue weighted by Crippen LogP contribution is 2.17. The summed E-state index contributed by atoms with van der Waals surface area (Å²) in [7, 11) is 1.78. The smallest absolute Gasteiger partial charge is 0.241 e. The molecule has 0 bridgehead atoms. The van der Waals surface area contributed by atoms with Gasteiger partial charge in [0.1, 0.15) is 18.0 Å². The Morgan fingerprint density at radius 3 is 2.44 bits per heavy atom. The zero-order chi connectivity index (χ0) is 13.5. The van der Waals surface area contributed by atoms with Crippen LogP contribution in [0.5, 0.6) is 0 Å². The van der Waals surface area contributed by atoms with Crippen LogP contribution in [0, 0.1) is 6.92 Å². The molecular weight excluding hydrogens is 230 g/mol. The molecule has 1 amide bonds. The number of anilines is 2. The summed E-state index contributed by atoms with van der Waals surface area (Å²) in [6.45, 7) is 7.62. The van der Waals surface area contributed by atoms with E-state index in [2.05, 4.69) is 20.6 Å². The van der Waals surface area contributed by atoms with Crippen LogP contribution >= 0.6 is 0 Å². The van der Waals surface area contributed by atoms with E-state index >= 15 is 0 Å². The highest BCUT2D eigenvalue weighted by molar-refractivity contribution is 5.80. The molecule has 0 aromatic carbocycles. The van der Waals surface area contributed by atoms with E-state index in [1.165, 1.54) is 6.33 Å². The van der Waals surface area contributed by atoms with Gasteiger partial charge in [-0.05, 0) is 20.8 Å². The Morgan fingerprint density at radius 1 is 1.28 bits per heavy atom. The predicted octanol–water partition coefficient (Wildman–Crippen LogP) is 1.11. The van der Waals surface area contributed by atoms with Gasteiger partial charge in [0.25, 0.3) is 0 Å². The third-order valence-corrected chi connectivity index (χ3v) is 2.74. The molecule has 1 heterocycles. The van der Waals surface area contributed by atoms with Gasteiger partial charge in [0.05, 0.1) is 6.54 Å². The lowest BCUT2D eigenvalue weighted by Gasteiger charge is -2.16. The van der Waals surface area contributed by atoms with Crippen molar-refractivity contribution in [3.8, 4) is 0 Å². The number of carbonyl (C=O) groups excluding carboxylic acids is 1. The molecule has 0 aliphatic carbocycles. The molecule has 100 valence electrons. The Labute approximate surface area is 108 Å². The summed E-state index contributed by atoms with van der Waals surface area (Å²) in [5, 5.41) is 6.20. The van der Waals surface area contributed by atoms with Crippen LogP contribution in [0.15, 0.2) is 6.33 Å². The van der Waals surface area contributed by atoms with Crippen LogP contribution in [-0.4, -0.2) is 47.5 Å². The minimum Gasteiger partial charge on any atom is -0.370 e. The van der Waals surface area contributed by atoms with Crippen molar-refractivity contribution >= 4 is 17.5 Å². The third kappa shape index (κ3) is 3.58. The normalized spacial score (nSPS) is 10.0. The maximum Gasteiger partial charge on any atom is 0.241 e. The number of hydrogen-bond acceptors (Lipinski definition) is 5. The lowest BCUT2D eigenvalue weighted by Crippen LogP contribution is -2.32. The van der Waals surface area contributed by atoms with E-state index in [1.807, 2.05) is 20.8 Å². The van der Waals surface area contributed by atoms with Crippen LogP contribution in [0.4, 0.5) is 11.6 Å². The van der Waals surface area contributed by atoms with Crippen molar-refractivity contribution in [2.75, 3.05) is 37.3 Å². The van der Waals surface area contributed by atoms with E-state index in [-0.39, 0.29) is 12.5 Å². The number of rotatable bonds is 6. The van der Waals surface area contributed by atoms with Crippen molar-refractivity contribution in [1.82, 2.24) is 14.9 Å². The van der Waals surface area contributed by atoms with Crippen LogP contribution in [0.3, 0.4) is 0 Å². The van der Waals surface area contributed by atoms with Gasteiger partial charge in [-0.3, -0.25) is 4.79 Å². The standard InChI is InChI=1S/C12H21N5O/c1-5-13-11-9(3)12(16-8-15-11)14-7-10(18)17(4)6-2/h8H,5-7H2,1-4H3,(H2,13,14,15,16). The zero-order valence-corrected chi connectivity index (χ0v) is 11.4. The van der Waals surface area contributed by atoms with Gasteiger partial charge in [-0.2, -0.15) is 0 Å². The molecule has 1 aromatic rings. The van der Waals surface area contributed by atoms with E-state index in [1.54, 1.807) is 11.9 Å². The molecule has 1 aromatic heterocycles. The number of nitrogens with zero attached hydrogens (tertiary/aromatic N) is 3. The van der Waals surface area contributed by atoms with Gasteiger partial charge in [-0.1, -0.05) is 0 Å². The monoisotopic (exact) mass is 251 g/mol. The number of aromatic nitrogens is 2. The molecule has 0 saturated carbocycles. The van der Waals surface area contributed by atoms with E-state index in [0.717, 1.165) is 17.9 Å². The van der Waals surface area contributed by atoms with Gasteiger partial charge in [0, 0.05) is 25.7 Å². The Bertz CT molecular complexity index is 407. The summed E-state index contributed by atoms with van der Waals surface area (Å²) in [4.78, 5) is 21.6. The number of amides is 1. The Balaban J connectivity index is 2.68. The quantitative estimate of drug-likeness (QED) is 0.792. The largest absolute Gasteiger partial charge is 0.370 e. The SMILES string of the molecule is CCNc1ncnc(NCC(=O)N(C)CC)c1C. The minimum atomic E-state index is 0.0421. The maximum absolute atomic E-state index is 11.7. The average Bonchev–Trinajstić information content (AvgIpc) is 2.38. The number of hydrogen-bond donors (Lipinski definition) is 2. The predicted molar refractivity (Wildman–Crippen MR) is 72.7 cm³/mol. The number of carbonyl (C=O) groups is 1. The highest BCUT2D eigenvalue weighted by atomic mass is 16.2. The summed E-state index contributed by atoms with van der Waals surface area (Å²) in [6.07, 6.45) is 1.49. The van der Waals surface area contributed by atoms with Gasteiger partial charge in [0.2, 0.25) is 5.91 Å². The first-order valence-corrected chi connectivity index (χ1v) is 6.13. The van der Waals surface area contributed by atoms with Gasteiger partial charge < -0.3 is 15.5 Å². The summed E-state index contributed by atoms with van der Waals surface area (Å²) in [5.41, 5.74) is 0.923. The van der Waals surface area contributed by atoms with Crippen LogP contribution in [0.1, 0.15) is 19.4 Å². The second-order valence-corrected chi connectivity index (χ2v) is 3.99. The van der Waals surface area contributed by atoms with Crippen molar-refractivity contribution in [1.29, 1.82) is 0 Å². The first-order chi connectivity index (χ1) is 8.60. The Kier molecular flexibility index (Phi) is 5.35. The van der Waals surface area contributed by atoms with Gasteiger partial charge >= 0.3 is 0 Å². The highest BCUT2D eigenvalue weighted by Gasteiger charge is 2.09. The Morgan fingerprint density at radius 2 is 1.89 bits per heavy atom. The van der Waals surface area contributed by atoms with Crippen molar-refractivity contribution in [2.45, 2.75) is 20.8 Å². The van der Waals surface area contributed by atoms with Crippen LogP contribution < -0.4 is 10.6 Å². The molecule has 1 rings (SSSR count). The fourth-order valence-corrected chi connectivity index (χ4v) is 1.44. The van der Waals surface area contributed by atoms with E-state index in [4.69, 9.17) is 0 Å². The molecule has 0 radical (unpaired) electrons. The summed E-state index contributed by atoms with van der Waals surface area (Å²) in [6, 6.07) is 0. The summed E-state index contributed by atoms with van der Waals surface area (Å²) in [5.74, 6) is 1.53. The first-order valence-electron chi connectivity index (χ1n) is 6.13. The Hall–Kier alpha value is -1.85. The molecule has 0 spiro atoms. The van der Waals surface area contributed by atoms with Gasteiger partial charge in [-0.15, -0.1) is 0 Å². The van der Waals surface area contributed by atoms with E-state index in [9.17, 15) is 4.79 Å². The second kappa shape index (κ2) is 6.78. The molecule has 0 atom stereocenters. The molecule has 0 unspecified atom stereocenters. The molecule has 2 N–H and O–H groups in total. The molecule has 18 heavy (non-hydrogen) atoms. The second-order valence-electron chi connectivity index (χ2n) is 3.99. The maximum atomic E-state index is 11.7. The minimum absolute atomic E-state index is 0.0421. The van der Waals surface area contributed by atoms with Crippen LogP contribution in [0.25, 0.3) is 0 Å². The molecular formula is C12H21N5O. The summed E-state index contributed by atoms with van der Waals surface area (Å²) < 4.78 is 0. The molecule has 0 aliphatic rings. The van der Waals surface area contributed by atoms with Crippen molar-refractivity contribution in [2.24, 2.45) is 0 Å². The van der Waals surface area contributed by atoms with E-state index in [0.29, 0.717) is 12.4 Å². The molecule has 0 aliphatic heterocycles. The fraction of sp³-hybridized carbons (Fsp3) is 0.583. The topological polar surface area (TPSA) is 70.1 Å². The first kappa shape index (κ1) is 14.2. The fourth-order valence-electron chi connectivity index (χ4n) is 1.44. The van der Waals surface area contributed by atoms with Crippen LogP contribution in [0.2, 0.25) is 0 Å². The molecule has 6 heteroatoms. The molecule has 0 fully saturated rings.